The van der Waals surface area contributed by atoms with Crippen LogP contribution in [0.3, 0.4) is 0 Å². The lowest BCUT2D eigenvalue weighted by Gasteiger charge is -2.24. The molecule has 0 saturated heterocycles. The number of rotatable bonds is 12. The summed E-state index contributed by atoms with van der Waals surface area (Å²) in [6, 6.07) is 33.6. The van der Waals surface area contributed by atoms with Crippen LogP contribution in [0.15, 0.2) is 151 Å². The lowest BCUT2D eigenvalue weighted by molar-refractivity contribution is -0.125. The van der Waals surface area contributed by atoms with Gasteiger partial charge in [-0.05, 0) is 61.5 Å². The molecule has 21 heteroatoms. The van der Waals surface area contributed by atoms with Crippen molar-refractivity contribution >= 4 is 29.3 Å². The highest BCUT2D eigenvalue weighted by atomic mass is 16.5. The number of oxazole rings is 3. The molecular formula is C54H50N12O9. The summed E-state index contributed by atoms with van der Waals surface area (Å²) in [7, 11) is 0. The number of amidine groups is 1. The van der Waals surface area contributed by atoms with Gasteiger partial charge in [0, 0.05) is 63.2 Å². The largest absolute Gasteiger partial charge is 0.484 e. The highest BCUT2D eigenvalue weighted by molar-refractivity contribution is 6.41. The quantitative estimate of drug-likeness (QED) is 0.127. The van der Waals surface area contributed by atoms with Gasteiger partial charge >= 0.3 is 0 Å². The van der Waals surface area contributed by atoms with Crippen molar-refractivity contribution in [3.63, 3.8) is 0 Å². The minimum Gasteiger partial charge on any atom is -0.484 e. The molecule has 0 saturated carbocycles. The molecule has 380 valence electrons. The first-order valence-electron chi connectivity index (χ1n) is 24.2. The second-order valence-corrected chi connectivity index (χ2v) is 17.3. The Morgan fingerprint density at radius 3 is 1.37 bits per heavy atom. The van der Waals surface area contributed by atoms with Crippen molar-refractivity contribution in [1.82, 2.24) is 49.8 Å². The molecule has 0 spiro atoms. The number of fused-ring (bicyclic) bond motifs is 3. The van der Waals surface area contributed by atoms with E-state index in [0.29, 0.717) is 106 Å². The number of aromatic nitrogens is 7. The van der Waals surface area contributed by atoms with Crippen LogP contribution >= 0.6 is 0 Å². The zero-order valence-corrected chi connectivity index (χ0v) is 40.9. The summed E-state index contributed by atoms with van der Waals surface area (Å²) >= 11 is 0. The average molecular weight is 1010 g/mol. The summed E-state index contributed by atoms with van der Waals surface area (Å²) in [5, 5.41) is 7.62. The Labute approximate surface area is 430 Å². The number of ether oxygens (including phenoxy) is 3. The standard InChI is InChI=1S/C18H18N4O3.2C18H16N4O3/c1-12-9-19-17(20-12)18(23)22-8-7-14-15(10-22)25-16(21-14)11-24-13-5-3-2-4-6-13;23-18(17-19-8-4-9-20-17)22-10-7-14-15(11-22)25-16(21-14)12-24-13-5-2-1-3-6-13;23-18(15-7-4-9-19-21-15)22-10-8-14-16(11-22)25-17(20-14)12-24-13-5-2-1-3-6-13/h2-6H,7-11H2,1H3;1-6,8-9H,7,10-12H2;1-7,9H,8,10-12H2. The Morgan fingerprint density at radius 1 is 0.520 bits per heavy atom. The minimum absolute atomic E-state index is 0.152. The first kappa shape index (κ1) is 49.2. The van der Waals surface area contributed by atoms with Crippen molar-refractivity contribution in [2.45, 2.75) is 65.6 Å². The fourth-order valence-corrected chi connectivity index (χ4v) is 8.26. The molecule has 4 aliphatic heterocycles. The monoisotopic (exact) mass is 1010 g/mol. The van der Waals surface area contributed by atoms with Gasteiger partial charge in [0.15, 0.2) is 25.5 Å². The molecule has 21 nitrogen and oxygen atoms in total. The van der Waals surface area contributed by atoms with Crippen LogP contribution in [0.25, 0.3) is 0 Å². The molecule has 4 aliphatic rings. The highest BCUT2D eigenvalue weighted by Gasteiger charge is 2.31. The molecule has 0 fully saturated rings. The van der Waals surface area contributed by atoms with Crippen molar-refractivity contribution in [3.8, 4) is 17.2 Å². The molecule has 0 N–H and O–H groups in total. The SMILES string of the molecule is CC1=NC(C(=O)N2CCc3nc(COc4ccccc4)oc3C2)=NC1.O=C(c1cccnn1)N1CCc2nc(COc3ccccc3)oc2C1.O=C(c1ncccn1)N1CCc2nc(COc3ccccc3)oc2C1. The number of aliphatic imine (C=N–C) groups is 2. The molecule has 9 heterocycles. The first-order chi connectivity index (χ1) is 36.8. The van der Waals surface area contributed by atoms with Crippen LogP contribution in [-0.4, -0.2) is 105 Å². The molecule has 3 amide bonds. The fraction of sp³-hybridized carbons (Fsp3) is 0.259. The predicted molar refractivity (Wildman–Crippen MR) is 267 cm³/mol. The predicted octanol–water partition coefficient (Wildman–Crippen LogP) is 6.50. The van der Waals surface area contributed by atoms with Crippen LogP contribution in [0.5, 0.6) is 17.2 Å². The second kappa shape index (κ2) is 23.4. The maximum atomic E-state index is 12.5. The van der Waals surface area contributed by atoms with E-state index in [4.69, 9.17) is 27.5 Å². The van der Waals surface area contributed by atoms with Crippen LogP contribution < -0.4 is 14.2 Å². The number of hydrogen-bond acceptors (Lipinski definition) is 18. The van der Waals surface area contributed by atoms with Crippen molar-refractivity contribution < 1.29 is 41.8 Å². The summed E-state index contributed by atoms with van der Waals surface area (Å²) in [5.41, 5.74) is 3.85. The van der Waals surface area contributed by atoms with Crippen LogP contribution in [0.4, 0.5) is 0 Å². The Kier molecular flexibility index (Phi) is 15.4. The number of para-hydroxylation sites is 3. The molecule has 75 heavy (non-hydrogen) atoms. The van der Waals surface area contributed by atoms with Crippen molar-refractivity contribution in [2.24, 2.45) is 9.98 Å². The maximum absolute atomic E-state index is 12.5. The molecule has 0 radical (unpaired) electrons. The Morgan fingerprint density at radius 2 is 0.960 bits per heavy atom. The van der Waals surface area contributed by atoms with Gasteiger partial charge in [-0.25, -0.2) is 29.9 Å². The zero-order valence-electron chi connectivity index (χ0n) is 40.9. The summed E-state index contributed by atoms with van der Waals surface area (Å²) in [5.74, 6) is 5.92. The van der Waals surface area contributed by atoms with E-state index in [1.54, 1.807) is 51.5 Å². The summed E-state index contributed by atoms with van der Waals surface area (Å²) in [4.78, 5) is 72.3. The van der Waals surface area contributed by atoms with Crippen LogP contribution in [-0.2, 0) is 63.5 Å². The normalized spacial score (nSPS) is 14.3. The lowest BCUT2D eigenvalue weighted by Crippen LogP contribution is -2.39. The molecule has 8 aromatic rings. The van der Waals surface area contributed by atoms with Crippen LogP contribution in [0, 0.1) is 0 Å². The van der Waals surface area contributed by atoms with E-state index in [0.717, 1.165) is 40.0 Å². The lowest BCUT2D eigenvalue weighted by atomic mass is 10.1. The zero-order chi connectivity index (χ0) is 51.3. The number of amides is 3. The van der Waals surface area contributed by atoms with E-state index in [9.17, 15) is 14.4 Å². The van der Waals surface area contributed by atoms with E-state index in [1.165, 1.54) is 0 Å². The van der Waals surface area contributed by atoms with E-state index in [-0.39, 0.29) is 49.2 Å². The third-order valence-electron chi connectivity index (χ3n) is 12.0. The van der Waals surface area contributed by atoms with Crippen molar-refractivity contribution in [3.05, 3.63) is 191 Å². The topological polar surface area (TPSA) is 243 Å². The van der Waals surface area contributed by atoms with E-state index in [1.807, 2.05) is 97.9 Å². The molecule has 0 atom stereocenters. The number of nitrogens with zero attached hydrogens (tertiary/aromatic N) is 12. The Bertz CT molecular complexity index is 3130. The first-order valence-corrected chi connectivity index (χ1v) is 24.2. The average Bonchev–Trinajstić information content (AvgIpc) is 4.30. The molecule has 12 rings (SSSR count). The molecule has 0 aliphatic carbocycles. The van der Waals surface area contributed by atoms with Crippen molar-refractivity contribution in [1.29, 1.82) is 0 Å². The molecule has 5 aromatic heterocycles. The van der Waals surface area contributed by atoms with Gasteiger partial charge in [0.25, 0.3) is 17.7 Å². The van der Waals surface area contributed by atoms with Gasteiger partial charge in [-0.2, -0.15) is 5.10 Å². The van der Waals surface area contributed by atoms with Gasteiger partial charge in [-0.15, -0.1) is 5.10 Å². The van der Waals surface area contributed by atoms with E-state index < -0.39 is 0 Å². The Hall–Kier alpha value is -9.40. The number of carbonyl (C=O) groups is 3. The van der Waals surface area contributed by atoms with E-state index in [2.05, 4.69) is 45.1 Å². The van der Waals surface area contributed by atoms with Crippen LogP contribution in [0.1, 0.15) is 80.1 Å². The van der Waals surface area contributed by atoms with Gasteiger partial charge < -0.3 is 42.2 Å². The Balaban J connectivity index is 0.000000128. The second-order valence-electron chi connectivity index (χ2n) is 17.3. The summed E-state index contributed by atoms with van der Waals surface area (Å²) < 4.78 is 34.3. The third-order valence-corrected chi connectivity index (χ3v) is 12.0. The van der Waals surface area contributed by atoms with Crippen LogP contribution in [0.2, 0.25) is 0 Å². The number of hydrogen-bond donors (Lipinski definition) is 0. The number of carbonyl (C=O) groups excluding carboxylic acids is 3. The van der Waals surface area contributed by atoms with Gasteiger partial charge in [-0.3, -0.25) is 19.4 Å². The molecule has 0 unspecified atom stereocenters. The summed E-state index contributed by atoms with van der Waals surface area (Å²) in [6.45, 7) is 6.02. The minimum atomic E-state index is -0.204. The molecular weight excluding hydrogens is 961 g/mol. The smallest absolute Gasteiger partial charge is 0.292 e. The van der Waals surface area contributed by atoms with Gasteiger partial charge in [0.1, 0.15) is 34.5 Å². The third kappa shape index (κ3) is 12.6. The van der Waals surface area contributed by atoms with Gasteiger partial charge in [0.2, 0.25) is 29.3 Å². The van der Waals surface area contributed by atoms with Crippen molar-refractivity contribution in [2.75, 3.05) is 26.2 Å². The fourth-order valence-electron chi connectivity index (χ4n) is 8.26. The van der Waals surface area contributed by atoms with Gasteiger partial charge in [0.05, 0.1) is 43.3 Å². The van der Waals surface area contributed by atoms with Gasteiger partial charge in [-0.1, -0.05) is 54.6 Å². The molecule has 0 bridgehead atoms. The number of benzene rings is 3. The van der Waals surface area contributed by atoms with E-state index >= 15 is 0 Å². The molecule has 3 aromatic carbocycles. The highest BCUT2D eigenvalue weighted by Crippen LogP contribution is 2.25. The summed E-state index contributed by atoms with van der Waals surface area (Å²) in [6.07, 6.45) is 6.61. The maximum Gasteiger partial charge on any atom is 0.292 e.